The van der Waals surface area contributed by atoms with E-state index in [0.29, 0.717) is 6.54 Å². The fourth-order valence-corrected chi connectivity index (χ4v) is 2.74. The number of rotatable bonds is 2. The molecule has 0 heterocycles. The highest BCUT2D eigenvalue weighted by Crippen LogP contribution is 2.34. The predicted octanol–water partition coefficient (Wildman–Crippen LogP) is 4.65. The highest BCUT2D eigenvalue weighted by Gasteiger charge is 2.12. The molecule has 0 amide bonds. The normalized spacial score (nSPS) is 10.7. The lowest BCUT2D eigenvalue weighted by Crippen LogP contribution is -2.01. The van der Waals surface area contributed by atoms with E-state index in [2.05, 4.69) is 28.1 Å². The van der Waals surface area contributed by atoms with E-state index in [-0.39, 0.29) is 0 Å². The van der Waals surface area contributed by atoms with Crippen LogP contribution >= 0.6 is 27.5 Å². The molecule has 2 aromatic rings. The van der Waals surface area contributed by atoms with E-state index >= 15 is 0 Å². The fourth-order valence-electron chi connectivity index (χ4n) is 2.07. The molecule has 0 unspecified atom stereocenters. The van der Waals surface area contributed by atoms with Gasteiger partial charge in [-0.2, -0.15) is 0 Å². The molecule has 1 radical (unpaired) electrons. The first-order valence-electron chi connectivity index (χ1n) is 5.71. The summed E-state index contributed by atoms with van der Waals surface area (Å²) in [5, 5.41) is 0.819. The standard InChI is InChI=1S/C15H14BrClN/c1-9-6-7-11(10(2)15(9)17)12-4-3-5-14(16)13(12)8-18/h3-4,6-7H,8,18H2,1-2H3. The van der Waals surface area contributed by atoms with E-state index in [1.54, 1.807) is 0 Å². The van der Waals surface area contributed by atoms with Crippen molar-refractivity contribution < 1.29 is 0 Å². The lowest BCUT2D eigenvalue weighted by molar-refractivity contribution is 1.06. The Bertz CT molecular complexity index is 593. The van der Waals surface area contributed by atoms with Crippen molar-refractivity contribution in [3.05, 3.63) is 56.5 Å². The Balaban J connectivity index is 2.70. The lowest BCUT2D eigenvalue weighted by Gasteiger charge is -2.14. The van der Waals surface area contributed by atoms with Crippen molar-refractivity contribution >= 4 is 27.5 Å². The summed E-state index contributed by atoms with van der Waals surface area (Å²) in [7, 11) is 0. The summed E-state index contributed by atoms with van der Waals surface area (Å²) in [5.41, 5.74) is 11.3. The SMILES string of the molecule is Cc1ccc(-c2cc[c]c(Br)c2CN)c(C)c1Cl. The Labute approximate surface area is 121 Å². The first kappa shape index (κ1) is 13.6. The Kier molecular flexibility index (Phi) is 4.10. The van der Waals surface area contributed by atoms with Crippen LogP contribution in [-0.4, -0.2) is 0 Å². The molecule has 0 saturated carbocycles. The second kappa shape index (κ2) is 5.43. The Hall–Kier alpha value is -0.830. The molecule has 2 rings (SSSR count). The van der Waals surface area contributed by atoms with Gasteiger partial charge in [0.1, 0.15) is 0 Å². The van der Waals surface area contributed by atoms with Gasteiger partial charge in [-0.3, -0.25) is 0 Å². The third-order valence-electron chi connectivity index (χ3n) is 3.12. The van der Waals surface area contributed by atoms with Crippen LogP contribution in [0.25, 0.3) is 11.1 Å². The van der Waals surface area contributed by atoms with Crippen molar-refractivity contribution in [1.82, 2.24) is 0 Å². The van der Waals surface area contributed by atoms with E-state index < -0.39 is 0 Å². The predicted molar refractivity (Wildman–Crippen MR) is 80.8 cm³/mol. The van der Waals surface area contributed by atoms with Gasteiger partial charge in [0.15, 0.2) is 0 Å². The molecule has 93 valence electrons. The average molecular weight is 324 g/mol. The van der Waals surface area contributed by atoms with Gasteiger partial charge in [-0.05, 0) is 63.7 Å². The monoisotopic (exact) mass is 322 g/mol. The average Bonchev–Trinajstić information content (AvgIpc) is 2.36. The van der Waals surface area contributed by atoms with Crippen LogP contribution in [0, 0.1) is 19.9 Å². The minimum absolute atomic E-state index is 0.470. The molecular weight excluding hydrogens is 310 g/mol. The van der Waals surface area contributed by atoms with E-state index in [9.17, 15) is 0 Å². The molecule has 2 aromatic carbocycles. The molecule has 0 saturated heterocycles. The molecule has 0 bridgehead atoms. The quantitative estimate of drug-likeness (QED) is 0.855. The highest BCUT2D eigenvalue weighted by molar-refractivity contribution is 9.10. The van der Waals surface area contributed by atoms with Crippen LogP contribution in [0.5, 0.6) is 0 Å². The molecular formula is C15H14BrClN. The zero-order valence-electron chi connectivity index (χ0n) is 10.3. The fraction of sp³-hybridized carbons (Fsp3) is 0.200. The van der Waals surface area contributed by atoms with E-state index in [4.69, 9.17) is 17.3 Å². The van der Waals surface area contributed by atoms with Crippen molar-refractivity contribution in [3.8, 4) is 11.1 Å². The molecule has 2 N–H and O–H groups in total. The van der Waals surface area contributed by atoms with Gasteiger partial charge in [0.05, 0.1) is 0 Å². The molecule has 0 aromatic heterocycles. The summed E-state index contributed by atoms with van der Waals surface area (Å²) in [6, 6.07) is 11.2. The Morgan fingerprint density at radius 1 is 1.22 bits per heavy atom. The molecule has 0 aliphatic heterocycles. The number of nitrogens with two attached hydrogens (primary N) is 1. The van der Waals surface area contributed by atoms with Gasteiger partial charge < -0.3 is 5.73 Å². The first-order valence-corrected chi connectivity index (χ1v) is 6.88. The Morgan fingerprint density at radius 3 is 2.61 bits per heavy atom. The van der Waals surface area contributed by atoms with Gasteiger partial charge >= 0.3 is 0 Å². The number of aryl methyl sites for hydroxylation is 1. The molecule has 0 atom stereocenters. The van der Waals surface area contributed by atoms with Crippen LogP contribution in [0.4, 0.5) is 0 Å². The number of halogens is 2. The highest BCUT2D eigenvalue weighted by atomic mass is 79.9. The van der Waals surface area contributed by atoms with Crippen molar-refractivity contribution in [2.24, 2.45) is 5.73 Å². The largest absolute Gasteiger partial charge is 0.326 e. The summed E-state index contributed by atoms with van der Waals surface area (Å²) >= 11 is 9.81. The maximum atomic E-state index is 6.32. The number of hydrogen-bond acceptors (Lipinski definition) is 1. The van der Waals surface area contributed by atoms with Crippen LogP contribution in [0.1, 0.15) is 16.7 Å². The van der Waals surface area contributed by atoms with E-state index in [1.807, 2.05) is 32.0 Å². The van der Waals surface area contributed by atoms with Crippen molar-refractivity contribution in [2.45, 2.75) is 20.4 Å². The van der Waals surface area contributed by atoms with Gasteiger partial charge in [0, 0.05) is 16.0 Å². The molecule has 0 aliphatic rings. The van der Waals surface area contributed by atoms with Crippen LogP contribution < -0.4 is 5.73 Å². The molecule has 0 spiro atoms. The maximum Gasteiger partial charge on any atom is 0.0470 e. The molecule has 0 fully saturated rings. The summed E-state index contributed by atoms with van der Waals surface area (Å²) in [6.45, 7) is 4.52. The minimum Gasteiger partial charge on any atom is -0.326 e. The minimum atomic E-state index is 0.470. The number of benzene rings is 2. The number of hydrogen-bond donors (Lipinski definition) is 1. The molecule has 1 nitrogen and oxygen atoms in total. The van der Waals surface area contributed by atoms with Crippen LogP contribution in [0.2, 0.25) is 5.02 Å². The van der Waals surface area contributed by atoms with Gasteiger partial charge in [-0.15, -0.1) is 0 Å². The zero-order chi connectivity index (χ0) is 13.3. The zero-order valence-corrected chi connectivity index (χ0v) is 12.7. The van der Waals surface area contributed by atoms with E-state index in [0.717, 1.165) is 37.3 Å². The topological polar surface area (TPSA) is 26.0 Å². The van der Waals surface area contributed by atoms with Crippen molar-refractivity contribution in [1.29, 1.82) is 0 Å². The summed E-state index contributed by atoms with van der Waals surface area (Å²) in [4.78, 5) is 0. The second-order valence-corrected chi connectivity index (χ2v) is 5.43. The van der Waals surface area contributed by atoms with Crippen molar-refractivity contribution in [3.63, 3.8) is 0 Å². The smallest absolute Gasteiger partial charge is 0.0470 e. The first-order chi connectivity index (χ1) is 8.56. The van der Waals surface area contributed by atoms with Gasteiger partial charge in [-0.1, -0.05) is 35.9 Å². The van der Waals surface area contributed by atoms with Crippen molar-refractivity contribution in [2.75, 3.05) is 0 Å². The molecule has 3 heteroatoms. The maximum absolute atomic E-state index is 6.32. The van der Waals surface area contributed by atoms with Crippen LogP contribution in [0.15, 0.2) is 28.7 Å². The third kappa shape index (κ3) is 2.33. The molecule has 18 heavy (non-hydrogen) atoms. The summed E-state index contributed by atoms with van der Waals surface area (Å²) in [5.74, 6) is 0. The third-order valence-corrected chi connectivity index (χ3v) is 4.41. The summed E-state index contributed by atoms with van der Waals surface area (Å²) < 4.78 is 0.915. The lowest BCUT2D eigenvalue weighted by atomic mass is 9.95. The van der Waals surface area contributed by atoms with Gasteiger partial charge in [0.2, 0.25) is 0 Å². The summed E-state index contributed by atoms with van der Waals surface area (Å²) in [6.07, 6.45) is 0. The molecule has 0 aliphatic carbocycles. The Morgan fingerprint density at radius 2 is 1.94 bits per heavy atom. The van der Waals surface area contributed by atoms with E-state index in [1.165, 1.54) is 0 Å². The van der Waals surface area contributed by atoms with Crippen LogP contribution in [-0.2, 0) is 6.54 Å². The van der Waals surface area contributed by atoms with Gasteiger partial charge in [0.25, 0.3) is 0 Å². The van der Waals surface area contributed by atoms with Crippen LogP contribution in [0.3, 0.4) is 0 Å². The van der Waals surface area contributed by atoms with Gasteiger partial charge in [-0.25, -0.2) is 0 Å². The second-order valence-electron chi connectivity index (χ2n) is 4.26.